The first-order valence-corrected chi connectivity index (χ1v) is 8.65. The average Bonchev–Trinajstić information content (AvgIpc) is 2.51. The van der Waals surface area contributed by atoms with Crippen LogP contribution >= 0.6 is 0 Å². The maximum atomic E-state index is 10.8. The molecule has 146 valence electrons. The minimum Gasteiger partial charge on any atom is -0.392 e. The minimum absolute atomic E-state index is 0.00116. The molecule has 2 amide bonds. The first-order chi connectivity index (χ1) is 11.1. The normalized spacial score (nSPS) is 12.3. The van der Waals surface area contributed by atoms with Gasteiger partial charge in [0.1, 0.15) is 0 Å². The largest absolute Gasteiger partial charge is 0.392 e. The van der Waals surface area contributed by atoms with E-state index < -0.39 is 12.2 Å². The van der Waals surface area contributed by atoms with E-state index in [1.807, 2.05) is 46.7 Å². The minimum atomic E-state index is -0.476. The summed E-state index contributed by atoms with van der Waals surface area (Å²) < 4.78 is 0. The van der Waals surface area contributed by atoms with Crippen molar-refractivity contribution in [3.63, 3.8) is 0 Å². The molecule has 0 aromatic rings. The van der Waals surface area contributed by atoms with E-state index >= 15 is 0 Å². The highest BCUT2D eigenvalue weighted by atomic mass is 16.3. The fraction of sp³-hybridized carbons (Fsp3) is 0.882. The van der Waals surface area contributed by atoms with Gasteiger partial charge in [-0.05, 0) is 21.0 Å². The number of likely N-dealkylation sites (N-methyl/N-ethyl adjacent to an activating group) is 1. The van der Waals surface area contributed by atoms with Gasteiger partial charge in [0.25, 0.3) is 0 Å². The molecule has 0 aromatic heterocycles. The molecule has 0 fully saturated rings. The molecule has 2 atom stereocenters. The highest BCUT2D eigenvalue weighted by molar-refractivity contribution is 5.77. The van der Waals surface area contributed by atoms with E-state index in [2.05, 4.69) is 10.6 Å². The Hall–Kier alpha value is -1.18. The number of hydrogen-bond donors (Lipinski definition) is 4. The Morgan fingerprint density at radius 2 is 1.50 bits per heavy atom. The number of carbonyl (C=O) groups excluding carboxylic acids is 2. The first-order valence-electron chi connectivity index (χ1n) is 8.65. The third kappa shape index (κ3) is 23.1. The molecule has 0 saturated heterocycles. The number of carbonyl (C=O) groups is 2. The molecule has 0 aliphatic heterocycles. The van der Waals surface area contributed by atoms with Crippen molar-refractivity contribution in [2.45, 2.75) is 60.2 Å². The Balaban J connectivity index is -0.000000337. The van der Waals surface area contributed by atoms with Gasteiger partial charge in [0.05, 0.1) is 12.2 Å². The van der Waals surface area contributed by atoms with Crippen molar-refractivity contribution >= 4 is 11.8 Å². The Kier molecular flexibility index (Phi) is 20.9. The summed E-state index contributed by atoms with van der Waals surface area (Å²) in [6.45, 7) is 12.3. The third-order valence-corrected chi connectivity index (χ3v) is 2.53. The van der Waals surface area contributed by atoms with Crippen LogP contribution in [0.4, 0.5) is 0 Å². The van der Waals surface area contributed by atoms with Gasteiger partial charge in [-0.25, -0.2) is 0 Å². The highest BCUT2D eigenvalue weighted by Crippen LogP contribution is 1.90. The van der Waals surface area contributed by atoms with Crippen LogP contribution in [0.25, 0.3) is 0 Å². The van der Waals surface area contributed by atoms with Crippen molar-refractivity contribution in [1.29, 1.82) is 0 Å². The van der Waals surface area contributed by atoms with Gasteiger partial charge in [-0.1, -0.05) is 34.6 Å². The van der Waals surface area contributed by atoms with E-state index in [4.69, 9.17) is 5.11 Å². The van der Waals surface area contributed by atoms with Gasteiger partial charge in [-0.15, -0.1) is 0 Å². The van der Waals surface area contributed by atoms with Gasteiger partial charge < -0.3 is 25.7 Å². The van der Waals surface area contributed by atoms with Crippen LogP contribution in [0, 0.1) is 5.92 Å². The Morgan fingerprint density at radius 1 is 1.00 bits per heavy atom. The molecule has 7 nitrogen and oxygen atoms in total. The van der Waals surface area contributed by atoms with E-state index in [-0.39, 0.29) is 17.7 Å². The van der Waals surface area contributed by atoms with Gasteiger partial charge in [0.2, 0.25) is 11.8 Å². The van der Waals surface area contributed by atoms with E-state index in [1.165, 1.54) is 0 Å². The summed E-state index contributed by atoms with van der Waals surface area (Å²) in [4.78, 5) is 23.5. The zero-order chi connectivity index (χ0) is 19.7. The van der Waals surface area contributed by atoms with E-state index in [0.717, 1.165) is 0 Å². The number of nitrogens with one attached hydrogen (secondary N) is 2. The maximum Gasteiger partial charge on any atom is 0.222 e. The molecule has 24 heavy (non-hydrogen) atoms. The average molecular weight is 350 g/mol. The Labute approximate surface area is 147 Å². The lowest BCUT2D eigenvalue weighted by Gasteiger charge is -2.15. The summed E-state index contributed by atoms with van der Waals surface area (Å²) in [7, 11) is 3.76. The number of aliphatic hydroxyl groups excluding tert-OH is 2. The standard InChI is InChI=1S/C8H18N2O2.C7H15NO2.C2H6/c1-4-8(12)9-5-7(11)6-10(2)3;1-5(2)7(10)8-4-6(3)9;1-2/h7,11H,4-6H2,1-3H3,(H,9,12);5-6,9H,4H2,1-3H3,(H,8,10);1-2H3. The summed E-state index contributed by atoms with van der Waals surface area (Å²) in [6.07, 6.45) is -0.465. The molecule has 0 saturated carbocycles. The van der Waals surface area contributed by atoms with Gasteiger partial charge in [0.15, 0.2) is 0 Å². The van der Waals surface area contributed by atoms with Crippen LogP contribution < -0.4 is 10.6 Å². The van der Waals surface area contributed by atoms with Crippen LogP contribution in [-0.4, -0.2) is 72.9 Å². The number of amides is 2. The van der Waals surface area contributed by atoms with Crippen LogP contribution in [0.5, 0.6) is 0 Å². The quantitative estimate of drug-likeness (QED) is 0.514. The zero-order valence-corrected chi connectivity index (χ0v) is 16.7. The Bertz CT molecular complexity index is 308. The van der Waals surface area contributed by atoms with Crippen molar-refractivity contribution in [2.75, 3.05) is 33.7 Å². The molecule has 0 aliphatic carbocycles. The molecule has 0 aromatic carbocycles. The van der Waals surface area contributed by atoms with E-state index in [9.17, 15) is 14.7 Å². The van der Waals surface area contributed by atoms with Gasteiger partial charge in [0, 0.05) is 32.0 Å². The summed E-state index contributed by atoms with van der Waals surface area (Å²) in [5.41, 5.74) is 0. The lowest BCUT2D eigenvalue weighted by molar-refractivity contribution is -0.124. The summed E-state index contributed by atoms with van der Waals surface area (Å²) >= 11 is 0. The highest BCUT2D eigenvalue weighted by Gasteiger charge is 2.06. The molecule has 4 N–H and O–H groups in total. The summed E-state index contributed by atoms with van der Waals surface area (Å²) in [5.74, 6) is -0.0348. The summed E-state index contributed by atoms with van der Waals surface area (Å²) in [6, 6.07) is 0. The van der Waals surface area contributed by atoms with Crippen LogP contribution in [0.2, 0.25) is 0 Å². The molecular weight excluding hydrogens is 310 g/mol. The predicted octanol–water partition coefficient (Wildman–Crippen LogP) is 0.601. The SMILES string of the molecule is CC.CC(O)CNC(=O)C(C)C.CCC(=O)NCC(O)CN(C)C. The fourth-order valence-electron chi connectivity index (χ4n) is 1.30. The van der Waals surface area contributed by atoms with Crippen LogP contribution in [0.15, 0.2) is 0 Å². The van der Waals surface area contributed by atoms with Gasteiger partial charge in [-0.3, -0.25) is 9.59 Å². The second-order valence-corrected chi connectivity index (χ2v) is 5.82. The zero-order valence-electron chi connectivity index (χ0n) is 16.7. The number of nitrogens with zero attached hydrogens (tertiary/aromatic N) is 1. The molecule has 0 bridgehead atoms. The number of hydrogen-bond acceptors (Lipinski definition) is 5. The molecule has 0 spiro atoms. The second-order valence-electron chi connectivity index (χ2n) is 5.82. The molecule has 0 radical (unpaired) electrons. The lowest BCUT2D eigenvalue weighted by Crippen LogP contribution is -2.37. The van der Waals surface area contributed by atoms with Crippen molar-refractivity contribution < 1.29 is 19.8 Å². The molecule has 2 unspecified atom stereocenters. The van der Waals surface area contributed by atoms with Crippen LogP contribution in [0.3, 0.4) is 0 Å². The molecule has 0 heterocycles. The lowest BCUT2D eigenvalue weighted by atomic mass is 10.2. The molecule has 0 rings (SSSR count). The van der Waals surface area contributed by atoms with Crippen molar-refractivity contribution in [1.82, 2.24) is 15.5 Å². The van der Waals surface area contributed by atoms with E-state index in [0.29, 0.717) is 26.1 Å². The number of aliphatic hydroxyl groups is 2. The number of rotatable bonds is 8. The Morgan fingerprint density at radius 3 is 1.83 bits per heavy atom. The summed E-state index contributed by atoms with van der Waals surface area (Å²) in [5, 5.41) is 23.3. The van der Waals surface area contributed by atoms with Gasteiger partial charge >= 0.3 is 0 Å². The second kappa shape index (κ2) is 18.2. The van der Waals surface area contributed by atoms with Crippen LogP contribution in [-0.2, 0) is 9.59 Å². The third-order valence-electron chi connectivity index (χ3n) is 2.53. The topological polar surface area (TPSA) is 102 Å². The smallest absolute Gasteiger partial charge is 0.222 e. The van der Waals surface area contributed by atoms with Gasteiger partial charge in [-0.2, -0.15) is 0 Å². The van der Waals surface area contributed by atoms with E-state index in [1.54, 1.807) is 13.8 Å². The monoisotopic (exact) mass is 349 g/mol. The van der Waals surface area contributed by atoms with Crippen molar-refractivity contribution in [2.24, 2.45) is 5.92 Å². The van der Waals surface area contributed by atoms with Crippen molar-refractivity contribution in [3.8, 4) is 0 Å². The molecular formula is C17H39N3O4. The van der Waals surface area contributed by atoms with Crippen molar-refractivity contribution in [3.05, 3.63) is 0 Å². The maximum absolute atomic E-state index is 10.8. The molecule has 7 heteroatoms. The predicted molar refractivity (Wildman–Crippen MR) is 98.7 cm³/mol. The van der Waals surface area contributed by atoms with Crippen LogP contribution in [0.1, 0.15) is 48.0 Å². The first kappa shape index (κ1) is 27.7. The molecule has 0 aliphatic rings. The fourth-order valence-corrected chi connectivity index (χ4v) is 1.30.